The summed E-state index contributed by atoms with van der Waals surface area (Å²) in [5.41, 5.74) is 7.09. The molecule has 0 fully saturated rings. The molecule has 0 aliphatic rings. The first-order chi connectivity index (χ1) is 6.29. The van der Waals surface area contributed by atoms with Crippen molar-refractivity contribution in [3.8, 4) is 5.69 Å². The van der Waals surface area contributed by atoms with Crippen LogP contribution in [0.25, 0.3) is 5.69 Å². The highest BCUT2D eigenvalue weighted by Crippen LogP contribution is 2.24. The molecule has 13 heavy (non-hydrogen) atoms. The number of aromatic nitrogens is 3. The number of rotatable bonds is 1. The predicted octanol–water partition coefficient (Wildman–Crippen LogP) is 1.50. The zero-order chi connectivity index (χ0) is 9.26. The van der Waals surface area contributed by atoms with Crippen molar-refractivity contribution in [2.24, 2.45) is 0 Å². The van der Waals surface area contributed by atoms with Crippen molar-refractivity contribution in [1.29, 1.82) is 0 Å². The highest BCUT2D eigenvalue weighted by Gasteiger charge is 2.03. The molecule has 0 radical (unpaired) electrons. The number of halogens is 1. The van der Waals surface area contributed by atoms with Crippen LogP contribution in [0.4, 0.5) is 5.69 Å². The minimum atomic E-state index is 0.531. The molecule has 2 aromatic rings. The number of anilines is 1. The maximum Gasteiger partial charge on any atom is 0.123 e. The largest absolute Gasteiger partial charge is 0.396 e. The highest BCUT2D eigenvalue weighted by molar-refractivity contribution is 6.33. The molecule has 0 aliphatic carbocycles. The van der Waals surface area contributed by atoms with Crippen LogP contribution in [-0.4, -0.2) is 14.8 Å². The summed E-state index contributed by atoms with van der Waals surface area (Å²) in [6, 6.07) is 5.42. The van der Waals surface area contributed by atoms with Gasteiger partial charge in [-0.05, 0) is 12.1 Å². The van der Waals surface area contributed by atoms with Gasteiger partial charge in [0.05, 0.1) is 16.4 Å². The smallest absolute Gasteiger partial charge is 0.123 e. The van der Waals surface area contributed by atoms with E-state index in [9.17, 15) is 0 Å². The molecule has 0 unspecified atom stereocenters. The van der Waals surface area contributed by atoms with Gasteiger partial charge in [-0.1, -0.05) is 17.7 Å². The summed E-state index contributed by atoms with van der Waals surface area (Å²) in [5.74, 6) is 0. The van der Waals surface area contributed by atoms with Crippen LogP contribution < -0.4 is 5.73 Å². The van der Waals surface area contributed by atoms with Crippen LogP contribution in [0.3, 0.4) is 0 Å². The number of hydrogen-bond donors (Lipinski definition) is 1. The Morgan fingerprint density at radius 1 is 1.23 bits per heavy atom. The van der Waals surface area contributed by atoms with Crippen LogP contribution in [0.1, 0.15) is 0 Å². The number of nitrogens with zero attached hydrogens (tertiary/aromatic N) is 3. The lowest BCUT2D eigenvalue weighted by Crippen LogP contribution is -1.97. The van der Waals surface area contributed by atoms with Gasteiger partial charge in [0.1, 0.15) is 12.7 Å². The Labute approximate surface area is 80.0 Å². The number of hydrogen-bond acceptors (Lipinski definition) is 3. The molecule has 2 rings (SSSR count). The lowest BCUT2D eigenvalue weighted by atomic mass is 10.2. The summed E-state index contributed by atoms with van der Waals surface area (Å²) in [7, 11) is 0. The first-order valence-electron chi connectivity index (χ1n) is 3.68. The minimum Gasteiger partial charge on any atom is -0.396 e. The normalized spacial score (nSPS) is 10.2. The standard InChI is InChI=1S/C8H7ClN4/c9-6-2-1-3-7(8(6)10)13-4-11-12-5-13/h1-5H,10H2. The van der Waals surface area contributed by atoms with Gasteiger partial charge in [-0.3, -0.25) is 4.57 Å². The van der Waals surface area contributed by atoms with Crippen LogP contribution in [0.5, 0.6) is 0 Å². The van der Waals surface area contributed by atoms with Crippen LogP contribution in [0, 0.1) is 0 Å². The van der Waals surface area contributed by atoms with Crippen LogP contribution in [0.2, 0.25) is 5.02 Å². The van der Waals surface area contributed by atoms with Gasteiger partial charge in [0.15, 0.2) is 0 Å². The molecule has 1 aromatic heterocycles. The summed E-state index contributed by atoms with van der Waals surface area (Å²) < 4.78 is 1.71. The summed E-state index contributed by atoms with van der Waals surface area (Å²) in [5, 5.41) is 7.90. The fourth-order valence-electron chi connectivity index (χ4n) is 1.08. The quantitative estimate of drug-likeness (QED) is 0.700. The van der Waals surface area contributed by atoms with E-state index in [1.165, 1.54) is 0 Å². The molecule has 4 nitrogen and oxygen atoms in total. The molecule has 0 spiro atoms. The van der Waals surface area contributed by atoms with E-state index in [4.69, 9.17) is 17.3 Å². The number of benzene rings is 1. The van der Waals surface area contributed by atoms with Crippen molar-refractivity contribution < 1.29 is 0 Å². The molecule has 1 aromatic carbocycles. The molecule has 0 amide bonds. The van der Waals surface area contributed by atoms with E-state index in [2.05, 4.69) is 10.2 Å². The van der Waals surface area contributed by atoms with E-state index in [0.29, 0.717) is 10.7 Å². The van der Waals surface area contributed by atoms with Gasteiger partial charge in [0.2, 0.25) is 0 Å². The maximum atomic E-state index is 5.85. The lowest BCUT2D eigenvalue weighted by Gasteiger charge is -2.05. The Morgan fingerprint density at radius 2 is 1.92 bits per heavy atom. The molecule has 66 valence electrons. The van der Waals surface area contributed by atoms with Crippen LogP contribution in [-0.2, 0) is 0 Å². The molecule has 0 saturated heterocycles. The third-order valence-electron chi connectivity index (χ3n) is 1.73. The highest BCUT2D eigenvalue weighted by atomic mass is 35.5. The van der Waals surface area contributed by atoms with Gasteiger partial charge in [-0.15, -0.1) is 10.2 Å². The summed E-state index contributed by atoms with van der Waals surface area (Å²) in [6.07, 6.45) is 3.14. The Balaban J connectivity index is 2.59. The first-order valence-corrected chi connectivity index (χ1v) is 4.06. The molecule has 0 aliphatic heterocycles. The zero-order valence-corrected chi connectivity index (χ0v) is 7.44. The molecule has 0 atom stereocenters. The molecule has 2 N–H and O–H groups in total. The van der Waals surface area contributed by atoms with Crippen molar-refractivity contribution in [2.75, 3.05) is 5.73 Å². The predicted molar refractivity (Wildman–Crippen MR) is 50.8 cm³/mol. The number of nitrogen functional groups attached to an aromatic ring is 1. The third-order valence-corrected chi connectivity index (χ3v) is 2.06. The minimum absolute atomic E-state index is 0.531. The van der Waals surface area contributed by atoms with Crippen molar-refractivity contribution in [1.82, 2.24) is 14.8 Å². The second-order valence-corrected chi connectivity index (χ2v) is 2.95. The Morgan fingerprint density at radius 3 is 2.62 bits per heavy atom. The average Bonchev–Trinajstić information content (AvgIpc) is 2.62. The van der Waals surface area contributed by atoms with Crippen molar-refractivity contribution in [3.63, 3.8) is 0 Å². The maximum absolute atomic E-state index is 5.85. The average molecular weight is 195 g/mol. The van der Waals surface area contributed by atoms with Gasteiger partial charge < -0.3 is 5.73 Å². The van der Waals surface area contributed by atoms with E-state index in [-0.39, 0.29) is 0 Å². The van der Waals surface area contributed by atoms with E-state index in [1.807, 2.05) is 12.1 Å². The van der Waals surface area contributed by atoms with Gasteiger partial charge in [-0.25, -0.2) is 0 Å². The monoisotopic (exact) mass is 194 g/mol. The topological polar surface area (TPSA) is 56.7 Å². The molecular weight excluding hydrogens is 188 g/mol. The van der Waals surface area contributed by atoms with Crippen LogP contribution >= 0.6 is 11.6 Å². The summed E-state index contributed by atoms with van der Waals surface area (Å²) in [6.45, 7) is 0. The van der Waals surface area contributed by atoms with E-state index in [1.54, 1.807) is 23.3 Å². The lowest BCUT2D eigenvalue weighted by molar-refractivity contribution is 1.06. The fourth-order valence-corrected chi connectivity index (χ4v) is 1.25. The number of nitrogens with two attached hydrogens (primary N) is 1. The summed E-state index contributed by atoms with van der Waals surface area (Å²) >= 11 is 5.85. The van der Waals surface area contributed by atoms with Crippen LogP contribution in [0.15, 0.2) is 30.9 Å². The van der Waals surface area contributed by atoms with Gasteiger partial charge >= 0.3 is 0 Å². The van der Waals surface area contributed by atoms with Gasteiger partial charge in [0.25, 0.3) is 0 Å². The third kappa shape index (κ3) is 1.36. The van der Waals surface area contributed by atoms with Gasteiger partial charge in [0, 0.05) is 0 Å². The number of para-hydroxylation sites is 1. The van der Waals surface area contributed by atoms with E-state index in [0.717, 1.165) is 5.69 Å². The second-order valence-electron chi connectivity index (χ2n) is 2.54. The Bertz CT molecular complexity index is 410. The van der Waals surface area contributed by atoms with Crippen molar-refractivity contribution >= 4 is 17.3 Å². The fraction of sp³-hybridized carbons (Fsp3) is 0. The Kier molecular flexibility index (Phi) is 1.90. The van der Waals surface area contributed by atoms with E-state index < -0.39 is 0 Å². The Hall–Kier alpha value is -1.55. The summed E-state index contributed by atoms with van der Waals surface area (Å²) in [4.78, 5) is 0. The first kappa shape index (κ1) is 8.07. The molecule has 0 saturated carbocycles. The SMILES string of the molecule is Nc1c(Cl)cccc1-n1cnnc1. The van der Waals surface area contributed by atoms with Crippen molar-refractivity contribution in [3.05, 3.63) is 35.9 Å². The zero-order valence-electron chi connectivity index (χ0n) is 6.68. The molecule has 5 heteroatoms. The molecule has 0 bridgehead atoms. The van der Waals surface area contributed by atoms with Gasteiger partial charge in [-0.2, -0.15) is 0 Å². The molecule has 1 heterocycles. The second kappa shape index (κ2) is 3.06. The molecular formula is C8H7ClN4. The van der Waals surface area contributed by atoms with E-state index >= 15 is 0 Å². The van der Waals surface area contributed by atoms with Crippen molar-refractivity contribution in [2.45, 2.75) is 0 Å².